The number of aryl methyl sites for hydroxylation is 1. The molecule has 1 radical (unpaired) electrons. The van der Waals surface area contributed by atoms with E-state index in [0.29, 0.717) is 66.1 Å². The molecule has 0 fully saturated rings. The predicted octanol–water partition coefficient (Wildman–Crippen LogP) is 4.34. The molecule has 0 aromatic heterocycles. The first-order chi connectivity index (χ1) is 20.5. The summed E-state index contributed by atoms with van der Waals surface area (Å²) in [4.78, 5) is 0. The van der Waals surface area contributed by atoms with Gasteiger partial charge >= 0.3 is 10.8 Å². The average molecular weight is 621 g/mol. The summed E-state index contributed by atoms with van der Waals surface area (Å²) in [6.45, 7) is 8.65. The Hall–Kier alpha value is -1.45. The number of allylic oxidation sites excluding steroid dienone is 1. The highest BCUT2D eigenvalue weighted by Gasteiger charge is 2.35. The van der Waals surface area contributed by atoms with E-state index in [-0.39, 0.29) is 13.2 Å². The highest BCUT2D eigenvalue weighted by atomic mass is 32.3. The summed E-state index contributed by atoms with van der Waals surface area (Å²) in [5.74, 6) is 3.66. The zero-order valence-electron chi connectivity index (χ0n) is 25.7. The minimum Gasteiger partial charge on any atom is -0.491 e. The van der Waals surface area contributed by atoms with Gasteiger partial charge in [-0.2, -0.15) is 5.90 Å². The number of benzene rings is 1. The second kappa shape index (κ2) is 27.1. The number of rotatable bonds is 30. The van der Waals surface area contributed by atoms with E-state index < -0.39 is 10.8 Å². The fourth-order valence-electron chi connectivity index (χ4n) is 3.90. The van der Waals surface area contributed by atoms with Crippen LogP contribution in [0.3, 0.4) is 0 Å². The molecule has 1 atom stereocenters. The first kappa shape index (κ1) is 38.6. The lowest BCUT2D eigenvalue weighted by Crippen LogP contribution is -2.53. The molecule has 1 rings (SSSR count). The van der Waals surface area contributed by atoms with Crippen molar-refractivity contribution in [2.24, 2.45) is 0 Å². The van der Waals surface area contributed by atoms with E-state index >= 15 is 0 Å². The van der Waals surface area contributed by atoms with Crippen LogP contribution >= 0.6 is 0 Å². The maximum absolute atomic E-state index is 10.9. The SMILES string of the molecule is C/C=C/c1cc(CCCCCCCCC)ccc1OCCOCCOCCOCCOCCOCCO[S+]([O])(=O)O[NH3+]. The van der Waals surface area contributed by atoms with Gasteiger partial charge in [-0.05, 0) is 37.5 Å². The molecule has 0 heterocycles. The second-order valence-corrected chi connectivity index (χ2v) is 10.8. The fraction of sp³-hybridized carbons (Fsp3) is 0.733. The Balaban J connectivity index is 1.96. The Labute approximate surface area is 253 Å². The van der Waals surface area contributed by atoms with Gasteiger partial charge in [-0.15, -0.1) is 4.18 Å². The Bertz CT molecular complexity index is 842. The highest BCUT2D eigenvalue weighted by Crippen LogP contribution is 2.23. The van der Waals surface area contributed by atoms with Gasteiger partial charge in [0.2, 0.25) is 0 Å². The summed E-state index contributed by atoms with van der Waals surface area (Å²) in [6, 6.07) is 6.49. The zero-order chi connectivity index (χ0) is 30.6. The summed E-state index contributed by atoms with van der Waals surface area (Å²) in [7, 11) is -4.02. The summed E-state index contributed by atoms with van der Waals surface area (Å²) in [6.07, 6.45) is 14.5. The lowest BCUT2D eigenvalue weighted by atomic mass is 10.0. The minimum absolute atomic E-state index is 0.0985. The van der Waals surface area contributed by atoms with Crippen molar-refractivity contribution in [2.45, 2.75) is 65.2 Å². The molecular weight excluding hydrogens is 566 g/mol. The Morgan fingerprint density at radius 1 is 0.714 bits per heavy atom. The van der Waals surface area contributed by atoms with Gasteiger partial charge in [-0.3, -0.25) is 0 Å². The van der Waals surface area contributed by atoms with Crippen molar-refractivity contribution in [1.82, 2.24) is 0 Å². The van der Waals surface area contributed by atoms with Crippen molar-refractivity contribution >= 4 is 16.9 Å². The van der Waals surface area contributed by atoms with Gasteiger partial charge in [0.25, 0.3) is 0 Å². The first-order valence-electron chi connectivity index (χ1n) is 15.1. The van der Waals surface area contributed by atoms with Crippen LogP contribution in [-0.4, -0.2) is 79.3 Å². The molecule has 0 spiro atoms. The molecule has 0 aliphatic rings. The van der Waals surface area contributed by atoms with Crippen LogP contribution in [0, 0.1) is 0 Å². The van der Waals surface area contributed by atoms with Gasteiger partial charge < -0.3 is 28.4 Å². The van der Waals surface area contributed by atoms with E-state index in [9.17, 15) is 8.76 Å². The van der Waals surface area contributed by atoms with Crippen molar-refractivity contribution in [3.8, 4) is 5.75 Å². The Morgan fingerprint density at radius 3 is 1.74 bits per heavy atom. The number of ether oxygens (including phenoxy) is 6. The normalized spacial score (nSPS) is 13.1. The Morgan fingerprint density at radius 2 is 1.21 bits per heavy atom. The smallest absolute Gasteiger partial charge is 0.491 e. The van der Waals surface area contributed by atoms with Crippen LogP contribution in [0.2, 0.25) is 0 Å². The molecule has 42 heavy (non-hydrogen) atoms. The monoisotopic (exact) mass is 620 g/mol. The van der Waals surface area contributed by atoms with Crippen molar-refractivity contribution < 1.29 is 51.5 Å². The maximum atomic E-state index is 10.9. The number of unbranched alkanes of at least 4 members (excludes halogenated alkanes) is 6. The van der Waals surface area contributed by atoms with Crippen LogP contribution < -0.4 is 10.6 Å². The fourth-order valence-corrected chi connectivity index (χ4v) is 4.24. The topological polar surface area (TPSA) is 138 Å². The quantitative estimate of drug-likeness (QED) is 0.0756. The van der Waals surface area contributed by atoms with E-state index in [1.165, 1.54) is 50.5 Å². The molecule has 0 saturated heterocycles. The molecule has 1 aromatic rings. The molecule has 0 amide bonds. The summed E-state index contributed by atoms with van der Waals surface area (Å²) in [5.41, 5.74) is 2.47. The van der Waals surface area contributed by atoms with Gasteiger partial charge in [-0.25, -0.2) is 0 Å². The van der Waals surface area contributed by atoms with E-state index in [1.54, 1.807) is 0 Å². The van der Waals surface area contributed by atoms with Crippen molar-refractivity contribution in [3.63, 3.8) is 0 Å². The maximum Gasteiger partial charge on any atom is 0.597 e. The van der Waals surface area contributed by atoms with E-state index in [0.717, 1.165) is 17.7 Å². The molecule has 1 unspecified atom stereocenters. The van der Waals surface area contributed by atoms with Crippen LogP contribution in [0.25, 0.3) is 6.08 Å². The molecule has 0 aliphatic carbocycles. The Kier molecular flexibility index (Phi) is 24.9. The summed E-state index contributed by atoms with van der Waals surface area (Å²) in [5, 5.41) is 0. The molecule has 0 saturated carbocycles. The van der Waals surface area contributed by atoms with Gasteiger partial charge in [-0.1, -0.05) is 63.7 Å². The first-order valence-corrected chi connectivity index (χ1v) is 16.5. The summed E-state index contributed by atoms with van der Waals surface area (Å²) >= 11 is 0. The largest absolute Gasteiger partial charge is 0.597 e. The van der Waals surface area contributed by atoms with E-state index in [4.69, 9.17) is 28.4 Å². The molecule has 12 heteroatoms. The van der Waals surface area contributed by atoms with Crippen molar-refractivity contribution in [2.75, 3.05) is 79.3 Å². The molecule has 0 aliphatic heterocycles. The molecule has 0 bridgehead atoms. The van der Waals surface area contributed by atoms with Gasteiger partial charge in [0.1, 0.15) is 23.5 Å². The van der Waals surface area contributed by atoms with Crippen LogP contribution in [0.15, 0.2) is 24.3 Å². The zero-order valence-corrected chi connectivity index (χ0v) is 26.5. The van der Waals surface area contributed by atoms with Crippen LogP contribution in [-0.2, 0) is 58.1 Å². The third-order valence-electron chi connectivity index (χ3n) is 6.06. The lowest BCUT2D eigenvalue weighted by molar-refractivity contribution is -0.640. The van der Waals surface area contributed by atoms with Crippen LogP contribution in [0.4, 0.5) is 0 Å². The molecule has 243 valence electrons. The summed E-state index contributed by atoms with van der Waals surface area (Å²) < 4.78 is 63.2. The van der Waals surface area contributed by atoms with Gasteiger partial charge in [0, 0.05) is 9.77 Å². The van der Waals surface area contributed by atoms with Crippen molar-refractivity contribution in [3.05, 3.63) is 35.4 Å². The molecular formula is C30H54NO10S+2. The predicted molar refractivity (Wildman–Crippen MR) is 161 cm³/mol. The van der Waals surface area contributed by atoms with Crippen molar-refractivity contribution in [1.29, 1.82) is 0 Å². The van der Waals surface area contributed by atoms with E-state index in [1.807, 2.05) is 13.0 Å². The second-order valence-electron chi connectivity index (χ2n) is 9.50. The van der Waals surface area contributed by atoms with Crippen LogP contribution in [0.1, 0.15) is 69.9 Å². The average Bonchev–Trinajstić information content (AvgIpc) is 2.98. The highest BCUT2D eigenvalue weighted by molar-refractivity contribution is 7.88. The number of quaternary nitrogens is 1. The van der Waals surface area contributed by atoms with E-state index in [2.05, 4.69) is 45.6 Å². The minimum atomic E-state index is -4.02. The third-order valence-corrected chi connectivity index (χ3v) is 6.81. The van der Waals surface area contributed by atoms with Gasteiger partial charge in [0.15, 0.2) is 0 Å². The lowest BCUT2D eigenvalue weighted by Gasteiger charge is -2.12. The molecule has 11 nitrogen and oxygen atoms in total. The number of hydrogen-bond donors (Lipinski definition) is 1. The van der Waals surface area contributed by atoms with Crippen LogP contribution in [0.5, 0.6) is 5.75 Å². The molecule has 1 aromatic carbocycles. The van der Waals surface area contributed by atoms with Gasteiger partial charge in [0.05, 0.1) is 70.4 Å². The third kappa shape index (κ3) is 22.1. The molecule has 3 N–H and O–H groups in total. The number of hydrogen-bond acceptors (Lipinski definition) is 9. The standard InChI is InChI=1S/C30H54NO10S/c1-3-5-6-7-8-9-10-12-28-13-14-30(29(27-28)11-4-2)39-25-23-37-21-19-35-17-15-34-16-18-36-20-22-38-24-26-40-42(32,33)41-31/h4,11,13-14,27H,3,5-10,12,15-26H2,1-2,31H3/q+2/b11-4+.